The first kappa shape index (κ1) is 26.2. The molecule has 1 aliphatic heterocycles. The van der Waals surface area contributed by atoms with Crippen LogP contribution in [0.1, 0.15) is 41.5 Å². The number of ether oxygens (including phenoxy) is 1. The van der Waals surface area contributed by atoms with E-state index in [0.717, 1.165) is 28.9 Å². The maximum atomic E-state index is 13.7. The smallest absolute Gasteiger partial charge is 0.242 e. The van der Waals surface area contributed by atoms with Gasteiger partial charge in [-0.15, -0.1) is 11.3 Å². The summed E-state index contributed by atoms with van der Waals surface area (Å²) in [7, 11) is 0. The number of benzene rings is 2. The summed E-state index contributed by atoms with van der Waals surface area (Å²) in [4.78, 5) is 31.8. The molecule has 1 unspecified atom stereocenters. The van der Waals surface area contributed by atoms with Crippen molar-refractivity contribution in [3.63, 3.8) is 0 Å². The highest BCUT2D eigenvalue weighted by Crippen LogP contribution is 2.34. The van der Waals surface area contributed by atoms with Gasteiger partial charge in [-0.2, -0.15) is 0 Å². The molecular formula is C29H33ClN2O3S. The molecule has 36 heavy (non-hydrogen) atoms. The fourth-order valence-electron chi connectivity index (χ4n) is 4.59. The Bertz CT molecular complexity index is 1190. The van der Waals surface area contributed by atoms with E-state index in [9.17, 15) is 9.59 Å². The number of carbonyl (C=O) groups excluding carboxylic acids is 2. The van der Waals surface area contributed by atoms with E-state index in [0.29, 0.717) is 24.7 Å². The van der Waals surface area contributed by atoms with Gasteiger partial charge in [0, 0.05) is 23.0 Å². The maximum absolute atomic E-state index is 13.7. The first-order valence-electron chi connectivity index (χ1n) is 12.4. The number of hydrogen-bond acceptors (Lipinski definition) is 4. The lowest BCUT2D eigenvalue weighted by Gasteiger charge is -2.37. The molecule has 0 N–H and O–H groups in total. The van der Waals surface area contributed by atoms with Crippen LogP contribution in [0, 0.1) is 12.8 Å². The Morgan fingerprint density at radius 1 is 1.17 bits per heavy atom. The Morgan fingerprint density at radius 2 is 1.94 bits per heavy atom. The van der Waals surface area contributed by atoms with Gasteiger partial charge in [0.25, 0.3) is 0 Å². The topological polar surface area (TPSA) is 49.9 Å². The van der Waals surface area contributed by atoms with E-state index in [1.807, 2.05) is 60.4 Å². The Morgan fingerprint density at radius 3 is 2.67 bits per heavy atom. The normalized spacial score (nSPS) is 15.0. The predicted molar refractivity (Wildman–Crippen MR) is 146 cm³/mol. The van der Waals surface area contributed by atoms with Crippen LogP contribution in [0.15, 0.2) is 60.0 Å². The number of carbonyl (C=O) groups is 2. The molecule has 0 saturated heterocycles. The average molecular weight is 525 g/mol. The zero-order chi connectivity index (χ0) is 25.7. The number of thiophene rings is 1. The number of aryl methyl sites for hydroxylation is 1. The lowest BCUT2D eigenvalue weighted by molar-refractivity contribution is -0.142. The summed E-state index contributed by atoms with van der Waals surface area (Å²) in [5, 5.41) is 2.77. The summed E-state index contributed by atoms with van der Waals surface area (Å²) in [5.41, 5.74) is 3.04. The van der Waals surface area contributed by atoms with Crippen molar-refractivity contribution in [3.8, 4) is 5.75 Å². The zero-order valence-corrected chi connectivity index (χ0v) is 22.6. The van der Waals surface area contributed by atoms with Crippen molar-refractivity contribution in [2.45, 2.75) is 39.7 Å². The van der Waals surface area contributed by atoms with Crippen molar-refractivity contribution in [3.05, 3.63) is 86.6 Å². The van der Waals surface area contributed by atoms with Crippen LogP contribution >= 0.6 is 22.9 Å². The van der Waals surface area contributed by atoms with E-state index in [1.54, 1.807) is 16.2 Å². The molecule has 0 fully saturated rings. The second-order valence-electron chi connectivity index (χ2n) is 9.70. The molecule has 1 aliphatic rings. The number of rotatable bonds is 9. The average Bonchev–Trinajstić information content (AvgIpc) is 3.33. The SMILES string of the molecule is Cc1cc(OCC2c3ccsc3CCN2C(=O)CN(CC(C)C)C(=O)Cc2ccccc2)ccc1Cl. The third kappa shape index (κ3) is 6.48. The largest absolute Gasteiger partial charge is 0.491 e. The highest BCUT2D eigenvalue weighted by molar-refractivity contribution is 7.10. The lowest BCUT2D eigenvalue weighted by atomic mass is 10.00. The fraction of sp³-hybridized carbons (Fsp3) is 0.379. The van der Waals surface area contributed by atoms with Crippen molar-refractivity contribution in [1.29, 1.82) is 0 Å². The van der Waals surface area contributed by atoms with Gasteiger partial charge in [0.2, 0.25) is 11.8 Å². The molecule has 1 aromatic heterocycles. The summed E-state index contributed by atoms with van der Waals surface area (Å²) >= 11 is 7.89. The number of halogens is 1. The van der Waals surface area contributed by atoms with Gasteiger partial charge < -0.3 is 14.5 Å². The van der Waals surface area contributed by atoms with Gasteiger partial charge in [0.1, 0.15) is 12.4 Å². The van der Waals surface area contributed by atoms with Crippen LogP contribution in [0.2, 0.25) is 5.02 Å². The Balaban J connectivity index is 1.50. The van der Waals surface area contributed by atoms with Crippen molar-refractivity contribution in [2.24, 2.45) is 5.92 Å². The summed E-state index contributed by atoms with van der Waals surface area (Å²) in [6.45, 7) is 7.65. The minimum absolute atomic E-state index is 0.0269. The number of nitrogens with zero attached hydrogens (tertiary/aromatic N) is 2. The van der Waals surface area contributed by atoms with E-state index in [4.69, 9.17) is 16.3 Å². The fourth-order valence-corrected chi connectivity index (χ4v) is 5.63. The van der Waals surface area contributed by atoms with Gasteiger partial charge in [0.15, 0.2) is 0 Å². The Kier molecular flexibility index (Phi) is 8.70. The first-order valence-corrected chi connectivity index (χ1v) is 13.6. The van der Waals surface area contributed by atoms with E-state index in [-0.39, 0.29) is 36.7 Å². The van der Waals surface area contributed by atoms with E-state index in [1.165, 1.54) is 4.88 Å². The monoisotopic (exact) mass is 524 g/mol. The predicted octanol–water partition coefficient (Wildman–Crippen LogP) is 5.94. The summed E-state index contributed by atoms with van der Waals surface area (Å²) in [5.74, 6) is 0.913. The molecule has 0 spiro atoms. The van der Waals surface area contributed by atoms with Gasteiger partial charge in [-0.1, -0.05) is 55.8 Å². The standard InChI is InChI=1S/C29H33ClN2O3S/c1-20(2)17-31(28(33)16-22-7-5-4-6-8-22)18-29(34)32-13-11-27-24(12-14-36-27)26(32)19-35-23-9-10-25(30)21(3)15-23/h4-10,12,14-15,20,26H,11,13,16-19H2,1-3H3. The summed E-state index contributed by atoms with van der Waals surface area (Å²) in [6, 6.07) is 17.2. The van der Waals surface area contributed by atoms with Gasteiger partial charge in [-0.25, -0.2) is 0 Å². The summed E-state index contributed by atoms with van der Waals surface area (Å²) < 4.78 is 6.16. The minimum Gasteiger partial charge on any atom is -0.491 e. The van der Waals surface area contributed by atoms with Crippen molar-refractivity contribution < 1.29 is 14.3 Å². The van der Waals surface area contributed by atoms with Crippen LogP contribution in [-0.2, 0) is 22.4 Å². The lowest BCUT2D eigenvalue weighted by Crippen LogP contribution is -2.48. The molecule has 190 valence electrons. The number of amides is 2. The maximum Gasteiger partial charge on any atom is 0.242 e. The van der Waals surface area contributed by atoms with Crippen LogP contribution in [0.4, 0.5) is 0 Å². The van der Waals surface area contributed by atoms with Crippen LogP contribution < -0.4 is 4.74 Å². The Hall–Kier alpha value is -2.83. The summed E-state index contributed by atoms with van der Waals surface area (Å²) in [6.07, 6.45) is 1.11. The number of fused-ring (bicyclic) bond motifs is 1. The molecule has 7 heteroatoms. The second-order valence-corrected chi connectivity index (χ2v) is 11.1. The Labute approximate surface area is 222 Å². The third-order valence-electron chi connectivity index (χ3n) is 6.42. The second kappa shape index (κ2) is 11.9. The van der Waals surface area contributed by atoms with Gasteiger partial charge in [-0.05, 0) is 65.6 Å². The quantitative estimate of drug-likeness (QED) is 0.348. The van der Waals surface area contributed by atoms with Crippen LogP contribution in [0.25, 0.3) is 0 Å². The third-order valence-corrected chi connectivity index (χ3v) is 7.84. The molecule has 4 rings (SSSR count). The minimum atomic E-state index is -0.200. The zero-order valence-electron chi connectivity index (χ0n) is 21.1. The molecule has 2 heterocycles. The van der Waals surface area contributed by atoms with E-state index < -0.39 is 0 Å². The molecule has 0 radical (unpaired) electrons. The molecular weight excluding hydrogens is 492 g/mol. The molecule has 5 nitrogen and oxygen atoms in total. The molecule has 1 atom stereocenters. The highest BCUT2D eigenvalue weighted by atomic mass is 35.5. The molecule has 3 aromatic rings. The van der Waals surface area contributed by atoms with Gasteiger partial charge >= 0.3 is 0 Å². The first-order chi connectivity index (χ1) is 17.3. The molecule has 0 saturated carbocycles. The highest BCUT2D eigenvalue weighted by Gasteiger charge is 2.33. The van der Waals surface area contributed by atoms with Crippen molar-refractivity contribution in [1.82, 2.24) is 9.80 Å². The van der Waals surface area contributed by atoms with Gasteiger partial charge in [-0.3, -0.25) is 9.59 Å². The van der Waals surface area contributed by atoms with Gasteiger partial charge in [0.05, 0.1) is 19.0 Å². The number of hydrogen-bond donors (Lipinski definition) is 0. The van der Waals surface area contributed by atoms with Crippen LogP contribution in [0.3, 0.4) is 0 Å². The molecule has 0 bridgehead atoms. The van der Waals surface area contributed by atoms with E-state index >= 15 is 0 Å². The molecule has 2 amide bonds. The van der Waals surface area contributed by atoms with Crippen molar-refractivity contribution >= 4 is 34.8 Å². The van der Waals surface area contributed by atoms with Crippen molar-refractivity contribution in [2.75, 3.05) is 26.2 Å². The van der Waals surface area contributed by atoms with E-state index in [2.05, 4.69) is 25.3 Å². The molecule has 2 aromatic carbocycles. The molecule has 0 aliphatic carbocycles. The van der Waals surface area contributed by atoms with Crippen LogP contribution in [-0.4, -0.2) is 47.9 Å². The van der Waals surface area contributed by atoms with Crippen LogP contribution in [0.5, 0.6) is 5.75 Å².